The zero-order valence-corrected chi connectivity index (χ0v) is 9.89. The summed E-state index contributed by atoms with van der Waals surface area (Å²) in [7, 11) is 0. The molecule has 1 aromatic rings. The van der Waals surface area contributed by atoms with Gasteiger partial charge >= 0.3 is 0 Å². The van der Waals surface area contributed by atoms with Gasteiger partial charge in [-0.05, 0) is 24.3 Å². The molecule has 1 aromatic heterocycles. The number of carbonyl (C=O) groups excluding carboxylic acids is 1. The van der Waals surface area contributed by atoms with Crippen LogP contribution in [0, 0.1) is 0 Å². The molecule has 1 aliphatic heterocycles. The van der Waals surface area contributed by atoms with Gasteiger partial charge in [-0.1, -0.05) is 18.9 Å². The van der Waals surface area contributed by atoms with E-state index >= 15 is 0 Å². The van der Waals surface area contributed by atoms with E-state index in [9.17, 15) is 4.79 Å². The van der Waals surface area contributed by atoms with Crippen LogP contribution in [0.3, 0.4) is 0 Å². The highest BCUT2D eigenvalue weighted by Gasteiger charge is 2.47. The summed E-state index contributed by atoms with van der Waals surface area (Å²) in [6.45, 7) is 0.220. The Morgan fingerprint density at radius 1 is 1.50 bits per heavy atom. The number of amides is 1. The molecule has 2 fully saturated rings. The van der Waals surface area contributed by atoms with Crippen molar-refractivity contribution in [1.29, 1.82) is 0 Å². The van der Waals surface area contributed by atoms with Crippen molar-refractivity contribution in [3.63, 3.8) is 0 Å². The van der Waals surface area contributed by atoms with Crippen LogP contribution in [0.25, 0.3) is 0 Å². The van der Waals surface area contributed by atoms with Crippen LogP contribution in [0.15, 0.2) is 17.5 Å². The van der Waals surface area contributed by atoms with Gasteiger partial charge in [-0.25, -0.2) is 0 Å². The lowest BCUT2D eigenvalue weighted by molar-refractivity contribution is -0.148. The van der Waals surface area contributed by atoms with Gasteiger partial charge in [-0.2, -0.15) is 0 Å². The first-order valence-electron chi connectivity index (χ1n) is 5.78. The van der Waals surface area contributed by atoms with Crippen molar-refractivity contribution >= 4 is 17.2 Å². The fourth-order valence-corrected chi connectivity index (χ4v) is 3.80. The lowest BCUT2D eigenvalue weighted by Gasteiger charge is -2.46. The largest absolute Gasteiger partial charge is 0.366 e. The van der Waals surface area contributed by atoms with Crippen LogP contribution < -0.4 is 5.32 Å². The highest BCUT2D eigenvalue weighted by atomic mass is 32.1. The Morgan fingerprint density at radius 3 is 3.25 bits per heavy atom. The molecule has 0 bridgehead atoms. The van der Waals surface area contributed by atoms with Crippen LogP contribution >= 0.6 is 11.3 Å². The summed E-state index contributed by atoms with van der Waals surface area (Å²) in [5.74, 6) is 0.0200. The van der Waals surface area contributed by atoms with Gasteiger partial charge in [0.15, 0.2) is 0 Å². The van der Waals surface area contributed by atoms with Crippen molar-refractivity contribution in [2.75, 3.05) is 6.61 Å². The van der Waals surface area contributed by atoms with Crippen molar-refractivity contribution in [2.24, 2.45) is 0 Å². The quantitative estimate of drug-likeness (QED) is 0.811. The second kappa shape index (κ2) is 3.86. The zero-order valence-electron chi connectivity index (χ0n) is 9.07. The molecule has 4 heteroatoms. The number of rotatable bonds is 1. The van der Waals surface area contributed by atoms with Crippen LogP contribution in [-0.2, 0) is 15.1 Å². The number of hydrogen-bond donors (Lipinski definition) is 1. The van der Waals surface area contributed by atoms with Gasteiger partial charge in [0.05, 0.1) is 6.10 Å². The molecule has 1 amide bonds. The predicted octanol–water partition coefficient (Wildman–Crippen LogP) is 2.03. The molecule has 3 nitrogen and oxygen atoms in total. The third-order valence-corrected chi connectivity index (χ3v) is 4.62. The normalized spacial score (nSPS) is 34.2. The van der Waals surface area contributed by atoms with Crippen molar-refractivity contribution in [3.8, 4) is 0 Å². The van der Waals surface area contributed by atoms with E-state index < -0.39 is 0 Å². The Kier molecular flexibility index (Phi) is 2.48. The number of morpholine rings is 1. The van der Waals surface area contributed by atoms with Crippen LogP contribution in [-0.4, -0.2) is 18.6 Å². The van der Waals surface area contributed by atoms with Gasteiger partial charge in [0, 0.05) is 4.88 Å². The highest BCUT2D eigenvalue weighted by molar-refractivity contribution is 7.10. The summed E-state index contributed by atoms with van der Waals surface area (Å²) in [4.78, 5) is 12.8. The monoisotopic (exact) mass is 237 g/mol. The maximum absolute atomic E-state index is 11.6. The first-order chi connectivity index (χ1) is 7.81. The summed E-state index contributed by atoms with van der Waals surface area (Å²) in [5, 5.41) is 5.25. The molecule has 0 spiro atoms. The maximum Gasteiger partial charge on any atom is 0.246 e. The van der Waals surface area contributed by atoms with Crippen molar-refractivity contribution in [3.05, 3.63) is 22.4 Å². The lowest BCUT2D eigenvalue weighted by Crippen LogP contribution is -2.61. The number of thiophene rings is 1. The molecule has 3 rings (SSSR count). The number of ether oxygens (including phenoxy) is 1. The fraction of sp³-hybridized carbons (Fsp3) is 0.583. The summed E-state index contributed by atoms with van der Waals surface area (Å²) < 4.78 is 5.72. The summed E-state index contributed by atoms with van der Waals surface area (Å²) >= 11 is 1.71. The van der Waals surface area contributed by atoms with Crippen molar-refractivity contribution in [2.45, 2.75) is 37.3 Å². The van der Waals surface area contributed by atoms with E-state index in [0.717, 1.165) is 19.3 Å². The van der Waals surface area contributed by atoms with E-state index in [0.29, 0.717) is 0 Å². The molecule has 0 aromatic carbocycles. The molecular formula is C12H15NO2S. The minimum atomic E-state index is -0.234. The zero-order chi connectivity index (χ0) is 11.0. The fourth-order valence-electron chi connectivity index (χ4n) is 2.85. The molecule has 86 valence electrons. The summed E-state index contributed by atoms with van der Waals surface area (Å²) in [6.07, 6.45) is 4.59. The van der Waals surface area contributed by atoms with Gasteiger partial charge in [0.25, 0.3) is 0 Å². The SMILES string of the molecule is O=C1CO[C@H]2CCCC[C@@]2(c2cccs2)N1. The Balaban J connectivity index is 2.00. The number of hydrogen-bond acceptors (Lipinski definition) is 3. The van der Waals surface area contributed by atoms with E-state index in [1.165, 1.54) is 11.3 Å². The molecule has 0 radical (unpaired) electrons. The predicted molar refractivity (Wildman–Crippen MR) is 62.3 cm³/mol. The average Bonchev–Trinajstić information content (AvgIpc) is 2.82. The Labute approximate surface area is 98.8 Å². The van der Waals surface area contributed by atoms with Crippen LogP contribution in [0.2, 0.25) is 0 Å². The maximum atomic E-state index is 11.6. The van der Waals surface area contributed by atoms with Gasteiger partial charge in [-0.3, -0.25) is 4.79 Å². The lowest BCUT2D eigenvalue weighted by atomic mass is 9.77. The minimum Gasteiger partial charge on any atom is -0.366 e. The van der Waals surface area contributed by atoms with Crippen molar-refractivity contribution < 1.29 is 9.53 Å². The third kappa shape index (κ3) is 1.48. The van der Waals surface area contributed by atoms with E-state index in [2.05, 4.69) is 16.8 Å². The van der Waals surface area contributed by atoms with Crippen molar-refractivity contribution in [1.82, 2.24) is 5.32 Å². The molecule has 1 saturated carbocycles. The second-order valence-corrected chi connectivity index (χ2v) is 5.49. The van der Waals surface area contributed by atoms with E-state index in [1.54, 1.807) is 11.3 Å². The molecule has 2 heterocycles. The van der Waals surface area contributed by atoms with Gasteiger partial charge in [0.2, 0.25) is 5.91 Å². The third-order valence-electron chi connectivity index (χ3n) is 3.58. The number of fused-ring (bicyclic) bond motifs is 1. The van der Waals surface area contributed by atoms with E-state index in [1.807, 2.05) is 6.07 Å². The Hall–Kier alpha value is -0.870. The first-order valence-corrected chi connectivity index (χ1v) is 6.66. The number of carbonyl (C=O) groups is 1. The van der Waals surface area contributed by atoms with Gasteiger partial charge in [0.1, 0.15) is 12.1 Å². The smallest absolute Gasteiger partial charge is 0.246 e. The van der Waals surface area contributed by atoms with Crippen LogP contribution in [0.4, 0.5) is 0 Å². The second-order valence-electron chi connectivity index (χ2n) is 4.54. The molecule has 1 N–H and O–H groups in total. The van der Waals surface area contributed by atoms with Gasteiger partial charge < -0.3 is 10.1 Å². The molecule has 0 unspecified atom stereocenters. The Morgan fingerprint density at radius 2 is 2.44 bits per heavy atom. The van der Waals surface area contributed by atoms with E-state index in [4.69, 9.17) is 4.74 Å². The molecular weight excluding hydrogens is 222 g/mol. The molecule has 1 aliphatic carbocycles. The first kappa shape index (κ1) is 10.3. The molecule has 2 aliphatic rings. The van der Waals surface area contributed by atoms with Gasteiger partial charge in [-0.15, -0.1) is 11.3 Å². The topological polar surface area (TPSA) is 38.3 Å². The summed E-state index contributed by atoms with van der Waals surface area (Å²) in [5.41, 5.74) is -0.234. The molecule has 2 atom stereocenters. The molecule has 16 heavy (non-hydrogen) atoms. The van der Waals surface area contributed by atoms with E-state index in [-0.39, 0.29) is 24.2 Å². The minimum absolute atomic E-state index is 0.0200. The highest BCUT2D eigenvalue weighted by Crippen LogP contribution is 2.42. The number of nitrogens with one attached hydrogen (secondary N) is 1. The van der Waals surface area contributed by atoms with Crippen LogP contribution in [0.1, 0.15) is 30.6 Å². The Bertz CT molecular complexity index is 390. The summed E-state index contributed by atoms with van der Waals surface area (Å²) in [6, 6.07) is 4.15. The molecule has 1 saturated heterocycles. The average molecular weight is 237 g/mol. The van der Waals surface area contributed by atoms with Crippen LogP contribution in [0.5, 0.6) is 0 Å². The standard InChI is InChI=1S/C12H15NO2S/c14-11-8-15-9-4-1-2-6-12(9,13-11)10-5-3-7-16-10/h3,5,7,9H,1-2,4,6,8H2,(H,13,14)/t9-,12+/m0/s1.